The van der Waals surface area contributed by atoms with Crippen LogP contribution in [-0.4, -0.2) is 36.6 Å². The lowest BCUT2D eigenvalue weighted by Gasteiger charge is -1.97. The van der Waals surface area contributed by atoms with Gasteiger partial charge in [-0.15, -0.1) is 0 Å². The summed E-state index contributed by atoms with van der Waals surface area (Å²) in [6, 6.07) is 0. The van der Waals surface area contributed by atoms with Crippen LogP contribution >= 0.6 is 0 Å². The van der Waals surface area contributed by atoms with Crippen molar-refractivity contribution in [2.45, 2.75) is 65.2 Å². The van der Waals surface area contributed by atoms with Gasteiger partial charge in [0.25, 0.3) is 0 Å². The molecule has 0 saturated heterocycles. The highest BCUT2D eigenvalue weighted by Gasteiger charge is 1.87. The first-order chi connectivity index (χ1) is 8.33. The van der Waals surface area contributed by atoms with Crippen molar-refractivity contribution in [3.8, 4) is 0 Å². The molecule has 0 bridgehead atoms. The summed E-state index contributed by atoms with van der Waals surface area (Å²) in [6.45, 7) is 5.24. The lowest BCUT2D eigenvalue weighted by molar-refractivity contribution is 0.0650. The van der Waals surface area contributed by atoms with Crippen LogP contribution in [-0.2, 0) is 4.74 Å². The number of ether oxygens (including phenoxy) is 1. The molecule has 0 fully saturated rings. The highest BCUT2D eigenvalue weighted by Crippen LogP contribution is 2.07. The average molecular weight is 248 g/mol. The highest BCUT2D eigenvalue weighted by atomic mass is 16.5. The van der Waals surface area contributed by atoms with E-state index in [-0.39, 0.29) is 13.2 Å². The summed E-state index contributed by atoms with van der Waals surface area (Å²) in [5, 5.41) is 16.2. The van der Waals surface area contributed by atoms with E-state index in [4.69, 9.17) is 10.2 Å². The van der Waals surface area contributed by atoms with E-state index in [1.807, 2.05) is 0 Å². The summed E-state index contributed by atoms with van der Waals surface area (Å²) in [6.07, 6.45) is 11.5. The second-order valence-corrected chi connectivity index (χ2v) is 4.18. The highest BCUT2D eigenvalue weighted by molar-refractivity contribution is 4.43. The summed E-state index contributed by atoms with van der Waals surface area (Å²) in [4.78, 5) is 0. The SMILES string of the molecule is CCCCCCCCCC.OCCOCCO. The molecule has 2 N–H and O–H groups in total. The van der Waals surface area contributed by atoms with E-state index in [2.05, 4.69) is 18.6 Å². The number of unbranched alkanes of at least 4 members (excludes halogenated alkanes) is 7. The van der Waals surface area contributed by atoms with Crippen LogP contribution in [0, 0.1) is 0 Å². The van der Waals surface area contributed by atoms with Crippen LogP contribution in [0.2, 0.25) is 0 Å². The van der Waals surface area contributed by atoms with Crippen LogP contribution in [0.15, 0.2) is 0 Å². The van der Waals surface area contributed by atoms with Gasteiger partial charge >= 0.3 is 0 Å². The summed E-state index contributed by atoms with van der Waals surface area (Å²) >= 11 is 0. The van der Waals surface area contributed by atoms with Gasteiger partial charge in [0.15, 0.2) is 0 Å². The summed E-state index contributed by atoms with van der Waals surface area (Å²) < 4.78 is 4.63. The van der Waals surface area contributed by atoms with E-state index in [1.165, 1.54) is 51.4 Å². The Morgan fingerprint density at radius 1 is 0.647 bits per heavy atom. The Kier molecular flexibility index (Phi) is 24.0. The third-order valence-electron chi connectivity index (χ3n) is 2.43. The molecule has 0 amide bonds. The van der Waals surface area contributed by atoms with Crippen molar-refractivity contribution in [1.29, 1.82) is 0 Å². The molecule has 0 radical (unpaired) electrons. The van der Waals surface area contributed by atoms with Crippen LogP contribution < -0.4 is 0 Å². The molecular weight excluding hydrogens is 216 g/mol. The molecule has 0 spiro atoms. The van der Waals surface area contributed by atoms with Gasteiger partial charge in [-0.1, -0.05) is 65.2 Å². The normalized spacial score (nSPS) is 9.88. The van der Waals surface area contributed by atoms with Gasteiger partial charge in [0.1, 0.15) is 0 Å². The molecule has 17 heavy (non-hydrogen) atoms. The summed E-state index contributed by atoms with van der Waals surface area (Å²) in [5.74, 6) is 0. The molecule has 3 heteroatoms. The zero-order chi connectivity index (χ0) is 13.2. The van der Waals surface area contributed by atoms with E-state index < -0.39 is 0 Å². The second-order valence-electron chi connectivity index (χ2n) is 4.18. The molecular formula is C14H32O3. The monoisotopic (exact) mass is 248 g/mol. The Balaban J connectivity index is 0. The van der Waals surface area contributed by atoms with Gasteiger partial charge in [-0.3, -0.25) is 0 Å². The Hall–Kier alpha value is -0.120. The van der Waals surface area contributed by atoms with Crippen LogP contribution in [0.1, 0.15) is 65.2 Å². The van der Waals surface area contributed by atoms with E-state index in [0.29, 0.717) is 13.2 Å². The lowest BCUT2D eigenvalue weighted by atomic mass is 10.1. The molecule has 0 aromatic carbocycles. The van der Waals surface area contributed by atoms with Crippen molar-refractivity contribution in [2.24, 2.45) is 0 Å². The Morgan fingerprint density at radius 2 is 1.00 bits per heavy atom. The van der Waals surface area contributed by atoms with Gasteiger partial charge in [-0.2, -0.15) is 0 Å². The minimum atomic E-state index is 0.0278. The number of hydrogen-bond acceptors (Lipinski definition) is 3. The van der Waals surface area contributed by atoms with Crippen molar-refractivity contribution in [2.75, 3.05) is 26.4 Å². The first-order valence-electron chi connectivity index (χ1n) is 7.12. The van der Waals surface area contributed by atoms with Crippen LogP contribution in [0.4, 0.5) is 0 Å². The maximum atomic E-state index is 8.09. The molecule has 3 nitrogen and oxygen atoms in total. The van der Waals surface area contributed by atoms with E-state index in [9.17, 15) is 0 Å². The lowest BCUT2D eigenvalue weighted by Crippen LogP contribution is -2.03. The standard InChI is InChI=1S/C10H22.C4H10O3/c1-3-5-7-9-10-8-6-4-2;5-1-3-7-4-2-6/h3-10H2,1-2H3;5-6H,1-4H2. The second kappa shape index (κ2) is 21.2. The zero-order valence-corrected chi connectivity index (χ0v) is 11.8. The van der Waals surface area contributed by atoms with Crippen LogP contribution in [0.3, 0.4) is 0 Å². The number of hydrogen-bond donors (Lipinski definition) is 2. The number of rotatable bonds is 11. The van der Waals surface area contributed by atoms with E-state index in [0.717, 1.165) is 0 Å². The predicted octanol–water partition coefficient (Wildman–Crippen LogP) is 3.13. The van der Waals surface area contributed by atoms with Gasteiger partial charge in [0.05, 0.1) is 26.4 Å². The van der Waals surface area contributed by atoms with Gasteiger partial charge in [0.2, 0.25) is 0 Å². The van der Waals surface area contributed by atoms with Gasteiger partial charge in [-0.25, -0.2) is 0 Å². The topological polar surface area (TPSA) is 49.7 Å². The van der Waals surface area contributed by atoms with E-state index in [1.54, 1.807) is 0 Å². The summed E-state index contributed by atoms with van der Waals surface area (Å²) in [7, 11) is 0. The van der Waals surface area contributed by atoms with Gasteiger partial charge in [-0.05, 0) is 0 Å². The van der Waals surface area contributed by atoms with Crippen LogP contribution in [0.25, 0.3) is 0 Å². The molecule has 0 rings (SSSR count). The Labute approximate surface area is 107 Å². The smallest absolute Gasteiger partial charge is 0.0698 e. The molecule has 106 valence electrons. The van der Waals surface area contributed by atoms with Crippen molar-refractivity contribution < 1.29 is 14.9 Å². The Bertz CT molecular complexity index is 95.6. The van der Waals surface area contributed by atoms with Crippen LogP contribution in [0.5, 0.6) is 0 Å². The molecule has 0 atom stereocenters. The number of aliphatic hydroxyl groups is 2. The average Bonchev–Trinajstić information content (AvgIpc) is 2.35. The molecule has 0 aliphatic carbocycles. The molecule has 0 aromatic heterocycles. The molecule has 0 aromatic rings. The molecule has 0 unspecified atom stereocenters. The van der Waals surface area contributed by atoms with Crippen molar-refractivity contribution in [3.05, 3.63) is 0 Å². The van der Waals surface area contributed by atoms with Crippen molar-refractivity contribution in [1.82, 2.24) is 0 Å². The predicted molar refractivity (Wildman–Crippen MR) is 73.3 cm³/mol. The fourth-order valence-corrected chi connectivity index (χ4v) is 1.44. The zero-order valence-electron chi connectivity index (χ0n) is 11.8. The van der Waals surface area contributed by atoms with Gasteiger partial charge in [0, 0.05) is 0 Å². The first-order valence-corrected chi connectivity index (χ1v) is 7.12. The summed E-state index contributed by atoms with van der Waals surface area (Å²) in [5.41, 5.74) is 0. The minimum Gasteiger partial charge on any atom is -0.394 e. The molecule has 0 saturated carbocycles. The molecule has 0 aliphatic heterocycles. The minimum absolute atomic E-state index is 0.0278. The third kappa shape index (κ3) is 25.8. The number of aliphatic hydroxyl groups excluding tert-OH is 2. The molecule has 0 aliphatic rings. The largest absolute Gasteiger partial charge is 0.394 e. The maximum Gasteiger partial charge on any atom is 0.0698 e. The maximum absolute atomic E-state index is 8.09. The quantitative estimate of drug-likeness (QED) is 0.552. The first kappa shape index (κ1) is 19.2. The molecule has 0 heterocycles. The third-order valence-corrected chi connectivity index (χ3v) is 2.43. The van der Waals surface area contributed by atoms with Gasteiger partial charge < -0.3 is 14.9 Å². The Morgan fingerprint density at radius 3 is 1.29 bits per heavy atom. The fraction of sp³-hybridized carbons (Fsp3) is 1.00. The van der Waals surface area contributed by atoms with Crippen molar-refractivity contribution in [3.63, 3.8) is 0 Å². The fourth-order valence-electron chi connectivity index (χ4n) is 1.44. The van der Waals surface area contributed by atoms with E-state index >= 15 is 0 Å². The van der Waals surface area contributed by atoms with Crippen molar-refractivity contribution >= 4 is 0 Å².